The quantitative estimate of drug-likeness (QED) is 0.904. The maximum atomic E-state index is 13.1. The van der Waals surface area contributed by atoms with Crippen molar-refractivity contribution in [1.29, 1.82) is 5.26 Å². The molecule has 0 unspecified atom stereocenters. The Hall–Kier alpha value is -2.21. The van der Waals surface area contributed by atoms with Crippen LogP contribution < -0.4 is 0 Å². The molecule has 126 valence electrons. The fourth-order valence-electron chi connectivity index (χ4n) is 2.96. The van der Waals surface area contributed by atoms with E-state index in [1.165, 1.54) is 10.4 Å². The number of imidazole rings is 1. The highest BCUT2D eigenvalue weighted by Gasteiger charge is 2.35. The van der Waals surface area contributed by atoms with Gasteiger partial charge >= 0.3 is 0 Å². The van der Waals surface area contributed by atoms with E-state index in [0.29, 0.717) is 25.2 Å². The first kappa shape index (κ1) is 16.6. The van der Waals surface area contributed by atoms with Crippen molar-refractivity contribution in [3.05, 3.63) is 47.5 Å². The Bertz CT molecular complexity index is 870. The number of sulfonamides is 1. The third-order valence-corrected chi connectivity index (χ3v) is 6.32. The van der Waals surface area contributed by atoms with Gasteiger partial charge in [-0.2, -0.15) is 9.57 Å². The first-order valence-electron chi connectivity index (χ1n) is 7.64. The summed E-state index contributed by atoms with van der Waals surface area (Å²) in [5.41, 5.74) is 0.876. The third kappa shape index (κ3) is 2.82. The molecule has 0 bridgehead atoms. The van der Waals surface area contributed by atoms with Gasteiger partial charge in [0, 0.05) is 32.0 Å². The predicted octanol–water partition coefficient (Wildman–Crippen LogP) is 1.27. The molecule has 0 aliphatic carbocycles. The lowest BCUT2D eigenvalue weighted by Crippen LogP contribution is -2.49. The summed E-state index contributed by atoms with van der Waals surface area (Å²) >= 11 is 0. The fourth-order valence-corrected chi connectivity index (χ4v) is 4.61. The number of benzene rings is 1. The highest BCUT2D eigenvalue weighted by atomic mass is 32.2. The molecule has 3 rings (SSSR count). The Morgan fingerprint density at radius 1 is 1.38 bits per heavy atom. The molecule has 1 aliphatic rings. The van der Waals surface area contributed by atoms with Crippen LogP contribution in [0.3, 0.4) is 0 Å². The molecule has 1 aromatic carbocycles. The van der Waals surface area contributed by atoms with E-state index in [2.05, 4.69) is 14.9 Å². The van der Waals surface area contributed by atoms with E-state index in [4.69, 9.17) is 0 Å². The van der Waals surface area contributed by atoms with Crippen molar-refractivity contribution in [2.24, 2.45) is 0 Å². The molecule has 7 nitrogen and oxygen atoms in total. The van der Waals surface area contributed by atoms with Gasteiger partial charge in [-0.1, -0.05) is 12.1 Å². The largest absolute Gasteiger partial charge is 0.347 e. The van der Waals surface area contributed by atoms with Gasteiger partial charge in [-0.15, -0.1) is 0 Å². The van der Waals surface area contributed by atoms with Crippen molar-refractivity contribution < 1.29 is 8.42 Å². The van der Waals surface area contributed by atoms with Gasteiger partial charge in [0.25, 0.3) is 0 Å². The van der Waals surface area contributed by atoms with Gasteiger partial charge in [0.15, 0.2) is 0 Å². The summed E-state index contributed by atoms with van der Waals surface area (Å²) in [6.45, 7) is 3.02. The molecule has 0 spiro atoms. The Morgan fingerprint density at radius 3 is 2.83 bits per heavy atom. The third-order valence-electron chi connectivity index (χ3n) is 4.41. The van der Waals surface area contributed by atoms with Crippen molar-refractivity contribution >= 4 is 10.0 Å². The van der Waals surface area contributed by atoms with Crippen LogP contribution in [-0.4, -0.2) is 54.3 Å². The number of nitrogens with zero attached hydrogens (tertiary/aromatic N) is 4. The van der Waals surface area contributed by atoms with E-state index in [1.54, 1.807) is 31.5 Å². The van der Waals surface area contributed by atoms with Crippen LogP contribution in [0, 0.1) is 18.3 Å². The van der Waals surface area contributed by atoms with Crippen LogP contribution in [0.4, 0.5) is 0 Å². The second kappa shape index (κ2) is 6.36. The average molecular weight is 345 g/mol. The zero-order chi connectivity index (χ0) is 17.3. The molecule has 24 heavy (non-hydrogen) atoms. The van der Waals surface area contributed by atoms with Crippen LogP contribution in [0.1, 0.15) is 23.0 Å². The maximum Gasteiger partial charge on any atom is 0.244 e. The number of H-pyrrole nitrogens is 1. The summed E-state index contributed by atoms with van der Waals surface area (Å²) in [5.74, 6) is 0.738. The van der Waals surface area contributed by atoms with Gasteiger partial charge in [0.05, 0.1) is 11.6 Å². The van der Waals surface area contributed by atoms with Crippen molar-refractivity contribution in [3.8, 4) is 6.07 Å². The van der Waals surface area contributed by atoms with Gasteiger partial charge in [0.2, 0.25) is 10.0 Å². The summed E-state index contributed by atoms with van der Waals surface area (Å²) in [6.07, 6.45) is 3.38. The van der Waals surface area contributed by atoms with Crippen LogP contribution in [0.25, 0.3) is 0 Å². The summed E-state index contributed by atoms with van der Waals surface area (Å²) < 4.78 is 27.6. The number of hydrogen-bond donors (Lipinski definition) is 1. The van der Waals surface area contributed by atoms with Gasteiger partial charge in [-0.25, -0.2) is 13.4 Å². The van der Waals surface area contributed by atoms with Crippen molar-refractivity contribution in [2.45, 2.75) is 17.9 Å². The van der Waals surface area contributed by atoms with E-state index < -0.39 is 10.0 Å². The van der Waals surface area contributed by atoms with Crippen LogP contribution in [0.15, 0.2) is 35.5 Å². The Labute approximate surface area is 141 Å². The Morgan fingerprint density at radius 2 is 2.17 bits per heavy atom. The molecule has 2 heterocycles. The number of aryl methyl sites for hydroxylation is 1. The molecular formula is C16H19N5O2S. The number of nitrogens with one attached hydrogen (secondary N) is 1. The monoisotopic (exact) mass is 345 g/mol. The highest BCUT2D eigenvalue weighted by molar-refractivity contribution is 7.89. The number of nitriles is 1. The van der Waals surface area contributed by atoms with Gasteiger partial charge in [-0.3, -0.25) is 4.90 Å². The number of piperazine rings is 1. The molecular weight excluding hydrogens is 326 g/mol. The Balaban J connectivity index is 1.96. The molecule has 2 aromatic rings. The number of hydrogen-bond acceptors (Lipinski definition) is 5. The minimum Gasteiger partial charge on any atom is -0.347 e. The molecule has 1 aromatic heterocycles. The lowest BCUT2D eigenvalue weighted by atomic mass is 10.1. The molecule has 0 saturated carbocycles. The first-order valence-corrected chi connectivity index (χ1v) is 9.08. The smallest absolute Gasteiger partial charge is 0.244 e. The van der Waals surface area contributed by atoms with E-state index in [0.717, 1.165) is 5.82 Å². The van der Waals surface area contributed by atoms with Gasteiger partial charge in [0.1, 0.15) is 16.8 Å². The van der Waals surface area contributed by atoms with Crippen molar-refractivity contribution in [1.82, 2.24) is 19.2 Å². The number of aromatic nitrogens is 2. The SMILES string of the molecule is Cc1cccc(S(=O)(=O)N2CCN(C)[C@H](c3ncc[nH]3)C2)c1C#N. The van der Waals surface area contributed by atoms with Crippen molar-refractivity contribution in [3.63, 3.8) is 0 Å². The fraction of sp³-hybridized carbons (Fsp3) is 0.375. The van der Waals surface area contributed by atoms with E-state index >= 15 is 0 Å². The van der Waals surface area contributed by atoms with E-state index in [1.807, 2.05) is 13.1 Å². The number of likely N-dealkylation sites (N-methyl/N-ethyl adjacent to an activating group) is 1. The normalized spacial score (nSPS) is 20.0. The maximum absolute atomic E-state index is 13.1. The lowest BCUT2D eigenvalue weighted by Gasteiger charge is -2.37. The molecule has 0 radical (unpaired) electrons. The highest BCUT2D eigenvalue weighted by Crippen LogP contribution is 2.28. The average Bonchev–Trinajstić information content (AvgIpc) is 3.09. The minimum absolute atomic E-state index is 0.0766. The minimum atomic E-state index is -3.73. The summed E-state index contributed by atoms with van der Waals surface area (Å²) in [6, 6.07) is 6.80. The Kier molecular flexibility index (Phi) is 4.41. The van der Waals surface area contributed by atoms with Crippen LogP contribution in [0.5, 0.6) is 0 Å². The standard InChI is InChI=1S/C16H19N5O2S/c1-12-4-3-5-15(13(12)10-17)24(22,23)21-9-8-20(2)14(11-21)16-18-6-7-19-16/h3-7,14H,8-9,11H2,1-2H3,(H,18,19)/t14-/m0/s1. The van der Waals surface area contributed by atoms with E-state index in [-0.39, 0.29) is 16.5 Å². The lowest BCUT2D eigenvalue weighted by molar-refractivity contribution is 0.142. The van der Waals surface area contributed by atoms with Gasteiger partial charge < -0.3 is 4.98 Å². The number of aromatic amines is 1. The van der Waals surface area contributed by atoms with Crippen LogP contribution in [0.2, 0.25) is 0 Å². The zero-order valence-corrected chi connectivity index (χ0v) is 14.4. The van der Waals surface area contributed by atoms with Crippen LogP contribution >= 0.6 is 0 Å². The summed E-state index contributed by atoms with van der Waals surface area (Å²) in [4.78, 5) is 9.46. The summed E-state index contributed by atoms with van der Waals surface area (Å²) in [7, 11) is -1.78. The second-order valence-electron chi connectivity index (χ2n) is 5.89. The molecule has 1 atom stereocenters. The topological polar surface area (TPSA) is 93.1 Å². The number of rotatable bonds is 3. The first-order chi connectivity index (χ1) is 11.4. The summed E-state index contributed by atoms with van der Waals surface area (Å²) in [5, 5.41) is 9.35. The van der Waals surface area contributed by atoms with Crippen LogP contribution in [-0.2, 0) is 10.0 Å². The molecule has 8 heteroatoms. The molecule has 1 fully saturated rings. The molecule has 1 N–H and O–H groups in total. The molecule has 1 aliphatic heterocycles. The predicted molar refractivity (Wildman–Crippen MR) is 88.6 cm³/mol. The van der Waals surface area contributed by atoms with E-state index in [9.17, 15) is 13.7 Å². The van der Waals surface area contributed by atoms with Crippen molar-refractivity contribution in [2.75, 3.05) is 26.7 Å². The van der Waals surface area contributed by atoms with Gasteiger partial charge in [-0.05, 0) is 25.6 Å². The zero-order valence-electron chi connectivity index (χ0n) is 13.6. The molecule has 1 saturated heterocycles. The molecule has 0 amide bonds. The second-order valence-corrected chi connectivity index (χ2v) is 7.80.